The first-order valence-corrected chi connectivity index (χ1v) is 6.87. The van der Waals surface area contributed by atoms with E-state index in [1.165, 1.54) is 11.3 Å². The number of rotatable bonds is 4. The number of nitrogens with two attached hydrogens (primary N) is 1. The predicted molar refractivity (Wildman–Crippen MR) is 74.1 cm³/mol. The molecular weight excluding hydrogens is 228 g/mol. The van der Waals surface area contributed by atoms with Gasteiger partial charge in [-0.15, -0.1) is 11.3 Å². The Bertz CT molecular complexity index is 473. The first-order valence-electron chi connectivity index (χ1n) is 5.99. The Hall–Kier alpha value is -1.19. The van der Waals surface area contributed by atoms with Crippen LogP contribution in [0.1, 0.15) is 37.4 Å². The highest BCUT2D eigenvalue weighted by atomic mass is 32.1. The molecule has 0 aliphatic carbocycles. The summed E-state index contributed by atoms with van der Waals surface area (Å²) >= 11 is 1.72. The maximum Gasteiger partial charge on any atom is 0.123 e. The highest BCUT2D eigenvalue weighted by molar-refractivity contribution is 7.13. The van der Waals surface area contributed by atoms with Crippen molar-refractivity contribution in [3.63, 3.8) is 0 Å². The van der Waals surface area contributed by atoms with E-state index < -0.39 is 0 Å². The Morgan fingerprint density at radius 3 is 2.59 bits per heavy atom. The summed E-state index contributed by atoms with van der Waals surface area (Å²) in [5.41, 5.74) is 9.13. The average molecular weight is 246 g/mol. The second kappa shape index (κ2) is 5.43. The van der Waals surface area contributed by atoms with Crippen LogP contribution in [-0.2, 0) is 6.54 Å². The minimum Gasteiger partial charge on any atom is -0.326 e. The molecule has 17 heavy (non-hydrogen) atoms. The molecule has 0 fully saturated rings. The van der Waals surface area contributed by atoms with Gasteiger partial charge in [-0.2, -0.15) is 0 Å². The van der Waals surface area contributed by atoms with E-state index in [0.717, 1.165) is 17.0 Å². The Kier molecular flexibility index (Phi) is 3.92. The van der Waals surface area contributed by atoms with Gasteiger partial charge in [0.25, 0.3) is 0 Å². The molecular formula is C14H18N2S. The van der Waals surface area contributed by atoms with Crippen molar-refractivity contribution in [1.29, 1.82) is 0 Å². The molecule has 1 unspecified atom stereocenters. The molecule has 0 amide bonds. The normalized spacial score (nSPS) is 12.6. The number of thiazole rings is 1. The lowest BCUT2D eigenvalue weighted by molar-refractivity contribution is 0.714. The topological polar surface area (TPSA) is 38.9 Å². The zero-order valence-electron chi connectivity index (χ0n) is 10.3. The fourth-order valence-corrected chi connectivity index (χ4v) is 2.59. The van der Waals surface area contributed by atoms with Crippen LogP contribution in [0, 0.1) is 0 Å². The number of nitrogens with zero attached hydrogens (tertiary/aromatic N) is 1. The van der Waals surface area contributed by atoms with Crippen LogP contribution in [-0.4, -0.2) is 4.98 Å². The summed E-state index contributed by atoms with van der Waals surface area (Å²) in [7, 11) is 0. The molecule has 1 aromatic heterocycles. The van der Waals surface area contributed by atoms with Crippen LogP contribution in [0.25, 0.3) is 10.6 Å². The van der Waals surface area contributed by atoms with Gasteiger partial charge in [-0.05, 0) is 17.9 Å². The van der Waals surface area contributed by atoms with E-state index in [2.05, 4.69) is 43.5 Å². The monoisotopic (exact) mass is 246 g/mol. The second-order valence-corrected chi connectivity index (χ2v) is 5.15. The van der Waals surface area contributed by atoms with Gasteiger partial charge in [0, 0.05) is 17.5 Å². The van der Waals surface area contributed by atoms with Gasteiger partial charge in [0.05, 0.1) is 5.69 Å². The fourth-order valence-electron chi connectivity index (χ4n) is 1.64. The average Bonchev–Trinajstić information content (AvgIpc) is 2.87. The molecule has 1 aromatic carbocycles. The highest BCUT2D eigenvalue weighted by Crippen LogP contribution is 2.28. The van der Waals surface area contributed by atoms with Gasteiger partial charge in [-0.1, -0.05) is 38.1 Å². The molecule has 0 saturated heterocycles. The fraction of sp³-hybridized carbons (Fsp3) is 0.357. The van der Waals surface area contributed by atoms with Gasteiger partial charge in [-0.3, -0.25) is 0 Å². The lowest BCUT2D eigenvalue weighted by Gasteiger charge is -2.03. The number of hydrogen-bond donors (Lipinski definition) is 1. The molecule has 0 aliphatic rings. The van der Waals surface area contributed by atoms with Gasteiger partial charge in [-0.25, -0.2) is 4.98 Å². The van der Waals surface area contributed by atoms with Crippen molar-refractivity contribution in [2.24, 2.45) is 5.73 Å². The molecule has 3 heteroatoms. The van der Waals surface area contributed by atoms with Crippen molar-refractivity contribution in [2.45, 2.75) is 32.7 Å². The van der Waals surface area contributed by atoms with E-state index in [-0.39, 0.29) is 0 Å². The van der Waals surface area contributed by atoms with Crippen LogP contribution >= 0.6 is 11.3 Å². The van der Waals surface area contributed by atoms with Crippen molar-refractivity contribution >= 4 is 11.3 Å². The van der Waals surface area contributed by atoms with Gasteiger partial charge >= 0.3 is 0 Å². The molecule has 2 aromatic rings. The minimum atomic E-state index is 0.545. The van der Waals surface area contributed by atoms with Crippen LogP contribution in [0.2, 0.25) is 0 Å². The van der Waals surface area contributed by atoms with Crippen molar-refractivity contribution in [3.8, 4) is 10.6 Å². The van der Waals surface area contributed by atoms with E-state index in [4.69, 9.17) is 10.7 Å². The number of benzene rings is 1. The molecule has 0 spiro atoms. The van der Waals surface area contributed by atoms with Crippen molar-refractivity contribution in [1.82, 2.24) is 4.98 Å². The van der Waals surface area contributed by atoms with Crippen LogP contribution in [0.15, 0.2) is 29.6 Å². The van der Waals surface area contributed by atoms with E-state index in [0.29, 0.717) is 12.5 Å². The molecule has 0 aliphatic heterocycles. The standard InChI is InChI=1S/C14H18N2S/c1-3-10(2)13-9-17-14(16-13)12-6-4-11(8-15)5-7-12/h4-7,9-10H,3,8,15H2,1-2H3. The Morgan fingerprint density at radius 1 is 1.29 bits per heavy atom. The summed E-state index contributed by atoms with van der Waals surface area (Å²) in [6, 6.07) is 8.34. The van der Waals surface area contributed by atoms with Crippen LogP contribution < -0.4 is 5.73 Å². The molecule has 1 atom stereocenters. The van der Waals surface area contributed by atoms with E-state index in [1.54, 1.807) is 11.3 Å². The molecule has 2 N–H and O–H groups in total. The van der Waals surface area contributed by atoms with Gasteiger partial charge in [0.2, 0.25) is 0 Å². The Balaban J connectivity index is 2.24. The van der Waals surface area contributed by atoms with Crippen molar-refractivity contribution in [3.05, 3.63) is 40.9 Å². The Morgan fingerprint density at radius 2 is 2.00 bits per heavy atom. The maximum atomic E-state index is 5.59. The summed E-state index contributed by atoms with van der Waals surface area (Å²) < 4.78 is 0. The molecule has 2 rings (SSSR count). The SMILES string of the molecule is CCC(C)c1csc(-c2ccc(CN)cc2)n1. The van der Waals surface area contributed by atoms with Crippen LogP contribution in [0.4, 0.5) is 0 Å². The predicted octanol–water partition coefficient (Wildman–Crippen LogP) is 3.78. The quantitative estimate of drug-likeness (QED) is 0.891. The molecule has 1 heterocycles. The van der Waals surface area contributed by atoms with E-state index in [1.807, 2.05) is 0 Å². The summed E-state index contributed by atoms with van der Waals surface area (Å²) in [4.78, 5) is 4.69. The largest absolute Gasteiger partial charge is 0.326 e. The zero-order valence-corrected chi connectivity index (χ0v) is 11.1. The maximum absolute atomic E-state index is 5.59. The number of hydrogen-bond acceptors (Lipinski definition) is 3. The highest BCUT2D eigenvalue weighted by Gasteiger charge is 2.09. The van der Waals surface area contributed by atoms with E-state index >= 15 is 0 Å². The summed E-state index contributed by atoms with van der Waals surface area (Å²) in [5.74, 6) is 0.545. The van der Waals surface area contributed by atoms with Crippen LogP contribution in [0.3, 0.4) is 0 Å². The number of aromatic nitrogens is 1. The van der Waals surface area contributed by atoms with Gasteiger partial charge in [0.1, 0.15) is 5.01 Å². The lowest BCUT2D eigenvalue weighted by Crippen LogP contribution is -1.95. The summed E-state index contributed by atoms with van der Waals surface area (Å²) in [6.07, 6.45) is 1.13. The first-order chi connectivity index (χ1) is 8.24. The zero-order chi connectivity index (χ0) is 12.3. The minimum absolute atomic E-state index is 0.545. The molecule has 90 valence electrons. The second-order valence-electron chi connectivity index (χ2n) is 4.29. The molecule has 0 radical (unpaired) electrons. The van der Waals surface area contributed by atoms with Crippen molar-refractivity contribution in [2.75, 3.05) is 0 Å². The van der Waals surface area contributed by atoms with Gasteiger partial charge < -0.3 is 5.73 Å². The van der Waals surface area contributed by atoms with E-state index in [9.17, 15) is 0 Å². The third-order valence-electron chi connectivity index (χ3n) is 3.08. The lowest BCUT2D eigenvalue weighted by atomic mass is 10.1. The first kappa shape index (κ1) is 12.3. The molecule has 0 saturated carbocycles. The smallest absolute Gasteiger partial charge is 0.123 e. The molecule has 2 nitrogen and oxygen atoms in total. The Labute approximate surface area is 107 Å². The summed E-state index contributed by atoms with van der Waals surface area (Å²) in [5, 5.41) is 3.27. The summed E-state index contributed by atoms with van der Waals surface area (Å²) in [6.45, 7) is 5.01. The van der Waals surface area contributed by atoms with Gasteiger partial charge in [0.15, 0.2) is 0 Å². The third kappa shape index (κ3) is 2.73. The van der Waals surface area contributed by atoms with Crippen LogP contribution in [0.5, 0.6) is 0 Å². The van der Waals surface area contributed by atoms with Crippen molar-refractivity contribution < 1.29 is 0 Å². The third-order valence-corrected chi connectivity index (χ3v) is 3.99. The molecule has 0 bridgehead atoms.